The Labute approximate surface area is 209 Å². The molecule has 7 nitrogen and oxygen atoms in total. The van der Waals surface area contributed by atoms with Crippen molar-refractivity contribution in [3.8, 4) is 0 Å². The summed E-state index contributed by atoms with van der Waals surface area (Å²) < 4.78 is 26.0. The van der Waals surface area contributed by atoms with Crippen LogP contribution in [-0.4, -0.2) is 50.5 Å². The van der Waals surface area contributed by atoms with Crippen molar-refractivity contribution >= 4 is 62.3 Å². The monoisotopic (exact) mass is 533 g/mol. The maximum atomic E-state index is 13.5. The van der Waals surface area contributed by atoms with Crippen molar-refractivity contribution in [1.82, 2.24) is 10.2 Å². The average molecular weight is 535 g/mol. The number of sulfonamides is 1. The molecule has 1 unspecified atom stereocenters. The summed E-state index contributed by atoms with van der Waals surface area (Å²) >= 11 is 18.1. The van der Waals surface area contributed by atoms with E-state index in [1.807, 2.05) is 0 Å². The summed E-state index contributed by atoms with van der Waals surface area (Å²) in [6.45, 7) is 3.52. The lowest BCUT2D eigenvalue weighted by atomic mass is 10.1. The normalized spacial score (nSPS) is 12.2. The zero-order valence-corrected chi connectivity index (χ0v) is 21.6. The fourth-order valence-corrected chi connectivity index (χ4v) is 4.82. The highest BCUT2D eigenvalue weighted by molar-refractivity contribution is 7.92. The van der Waals surface area contributed by atoms with Crippen molar-refractivity contribution in [3.05, 3.63) is 63.1 Å². The van der Waals surface area contributed by atoms with E-state index in [-0.39, 0.29) is 23.2 Å². The average Bonchev–Trinajstić information content (AvgIpc) is 2.73. The van der Waals surface area contributed by atoms with Gasteiger partial charge < -0.3 is 10.2 Å². The Morgan fingerprint density at radius 1 is 1.00 bits per heavy atom. The lowest BCUT2D eigenvalue weighted by molar-refractivity contribution is -0.140. The molecule has 0 bridgehead atoms. The van der Waals surface area contributed by atoms with Crippen molar-refractivity contribution < 1.29 is 18.0 Å². The zero-order chi connectivity index (χ0) is 24.8. The molecular weight excluding hydrogens is 509 g/mol. The Hall–Kier alpha value is -2.00. The van der Waals surface area contributed by atoms with Gasteiger partial charge in [0.15, 0.2) is 0 Å². The Morgan fingerprint density at radius 2 is 1.61 bits per heavy atom. The van der Waals surface area contributed by atoms with Gasteiger partial charge in [0.1, 0.15) is 12.6 Å². The van der Waals surface area contributed by atoms with Gasteiger partial charge in [-0.3, -0.25) is 13.9 Å². The molecule has 0 heterocycles. The van der Waals surface area contributed by atoms with Crippen LogP contribution in [0.3, 0.4) is 0 Å². The summed E-state index contributed by atoms with van der Waals surface area (Å²) in [5, 5.41) is 3.68. The minimum atomic E-state index is -3.88. The van der Waals surface area contributed by atoms with Crippen molar-refractivity contribution in [2.24, 2.45) is 0 Å². The summed E-state index contributed by atoms with van der Waals surface area (Å²) in [6.07, 6.45) is 1.32. The van der Waals surface area contributed by atoms with Crippen LogP contribution in [0, 0.1) is 0 Å². The van der Waals surface area contributed by atoms with Gasteiger partial charge in [0.25, 0.3) is 0 Å². The number of likely N-dealkylation sites (N-methyl/N-ethyl adjacent to an activating group) is 1. The van der Waals surface area contributed by atoms with Crippen LogP contribution in [0.15, 0.2) is 42.5 Å². The quantitative estimate of drug-likeness (QED) is 0.491. The SMILES string of the molecule is CCNC(=O)C(CC)N(Cc1ccc(Cl)cc1)C(=O)CN(c1ccc(Cl)cc1Cl)S(C)(=O)=O. The number of hydrogen-bond acceptors (Lipinski definition) is 4. The highest BCUT2D eigenvalue weighted by Gasteiger charge is 2.32. The molecule has 0 aromatic heterocycles. The number of rotatable bonds is 10. The first kappa shape index (κ1) is 27.2. The Morgan fingerprint density at radius 3 is 2.12 bits per heavy atom. The first-order valence-corrected chi connectivity index (χ1v) is 13.2. The molecule has 2 aromatic carbocycles. The minimum Gasteiger partial charge on any atom is -0.355 e. The maximum absolute atomic E-state index is 13.5. The van der Waals surface area contributed by atoms with Crippen LogP contribution in [-0.2, 0) is 26.2 Å². The first-order chi connectivity index (χ1) is 15.5. The summed E-state index contributed by atoms with van der Waals surface area (Å²) in [6, 6.07) is 10.4. The summed E-state index contributed by atoms with van der Waals surface area (Å²) in [7, 11) is -3.88. The molecule has 0 saturated carbocycles. The summed E-state index contributed by atoms with van der Waals surface area (Å²) in [4.78, 5) is 27.6. The second-order valence-electron chi connectivity index (χ2n) is 7.33. The van der Waals surface area contributed by atoms with Gasteiger partial charge in [-0.15, -0.1) is 0 Å². The fourth-order valence-electron chi connectivity index (χ4n) is 3.28. The van der Waals surface area contributed by atoms with Crippen LogP contribution in [0.1, 0.15) is 25.8 Å². The molecule has 2 amide bonds. The lowest BCUT2D eigenvalue weighted by Crippen LogP contribution is -2.52. The topological polar surface area (TPSA) is 86.8 Å². The van der Waals surface area contributed by atoms with Crippen molar-refractivity contribution in [2.45, 2.75) is 32.9 Å². The van der Waals surface area contributed by atoms with E-state index in [2.05, 4.69) is 5.32 Å². The molecule has 11 heteroatoms. The molecule has 1 atom stereocenters. The Bertz CT molecular complexity index is 1090. The van der Waals surface area contributed by atoms with Gasteiger partial charge in [-0.25, -0.2) is 8.42 Å². The largest absolute Gasteiger partial charge is 0.355 e. The van der Waals surface area contributed by atoms with Gasteiger partial charge in [-0.05, 0) is 49.2 Å². The molecule has 0 aliphatic rings. The summed E-state index contributed by atoms with van der Waals surface area (Å²) in [5.41, 5.74) is 0.861. The number of benzene rings is 2. The van der Waals surface area contributed by atoms with Crippen LogP contribution in [0.2, 0.25) is 15.1 Å². The molecule has 2 rings (SSSR count). The van der Waals surface area contributed by atoms with E-state index >= 15 is 0 Å². The van der Waals surface area contributed by atoms with E-state index in [1.165, 1.54) is 23.1 Å². The van der Waals surface area contributed by atoms with Gasteiger partial charge in [0, 0.05) is 23.1 Å². The van der Waals surface area contributed by atoms with Crippen LogP contribution < -0.4 is 9.62 Å². The molecule has 0 spiro atoms. The van der Waals surface area contributed by atoms with E-state index in [9.17, 15) is 18.0 Å². The van der Waals surface area contributed by atoms with Gasteiger partial charge in [0.05, 0.1) is 17.0 Å². The molecule has 0 fully saturated rings. The number of carbonyl (C=O) groups is 2. The fraction of sp³-hybridized carbons (Fsp3) is 0.364. The van der Waals surface area contributed by atoms with Gasteiger partial charge in [-0.1, -0.05) is 53.9 Å². The number of amides is 2. The lowest BCUT2D eigenvalue weighted by Gasteiger charge is -2.33. The van der Waals surface area contributed by atoms with Crippen LogP contribution in [0.5, 0.6) is 0 Å². The first-order valence-electron chi connectivity index (χ1n) is 10.2. The van der Waals surface area contributed by atoms with Crippen LogP contribution in [0.25, 0.3) is 0 Å². The molecule has 33 heavy (non-hydrogen) atoms. The minimum absolute atomic E-state index is 0.0840. The highest BCUT2D eigenvalue weighted by atomic mass is 35.5. The number of nitrogens with one attached hydrogen (secondary N) is 1. The van der Waals surface area contributed by atoms with Gasteiger partial charge in [-0.2, -0.15) is 0 Å². The second kappa shape index (κ2) is 11.9. The van der Waals surface area contributed by atoms with Crippen molar-refractivity contribution in [1.29, 1.82) is 0 Å². The zero-order valence-electron chi connectivity index (χ0n) is 18.5. The number of halogens is 3. The Kier molecular flexibility index (Phi) is 9.84. The maximum Gasteiger partial charge on any atom is 0.244 e. The molecular formula is C22H26Cl3N3O4S. The van der Waals surface area contributed by atoms with Crippen LogP contribution in [0.4, 0.5) is 5.69 Å². The predicted octanol–water partition coefficient (Wildman–Crippen LogP) is 4.36. The van der Waals surface area contributed by atoms with E-state index < -0.39 is 28.5 Å². The predicted molar refractivity (Wildman–Crippen MR) is 133 cm³/mol. The standard InChI is InChI=1S/C22H26Cl3N3O4S/c1-4-19(22(30)26-5-2)27(13-15-6-8-16(23)9-7-15)21(29)14-28(33(3,31)32)20-11-10-17(24)12-18(20)25/h6-12,19H,4-5,13-14H2,1-3H3,(H,26,30). The molecule has 180 valence electrons. The van der Waals surface area contributed by atoms with Crippen molar-refractivity contribution in [3.63, 3.8) is 0 Å². The highest BCUT2D eigenvalue weighted by Crippen LogP contribution is 2.30. The third kappa shape index (κ3) is 7.50. The molecule has 0 saturated heterocycles. The molecule has 0 aliphatic heterocycles. The molecule has 0 radical (unpaired) electrons. The van der Waals surface area contributed by atoms with Gasteiger partial charge >= 0.3 is 0 Å². The number of carbonyl (C=O) groups excluding carboxylic acids is 2. The number of nitrogens with zero attached hydrogens (tertiary/aromatic N) is 2. The molecule has 1 N–H and O–H groups in total. The number of anilines is 1. The van der Waals surface area contributed by atoms with Crippen molar-refractivity contribution in [2.75, 3.05) is 23.7 Å². The van der Waals surface area contributed by atoms with E-state index in [4.69, 9.17) is 34.8 Å². The molecule has 2 aromatic rings. The number of hydrogen-bond donors (Lipinski definition) is 1. The van der Waals surface area contributed by atoms with Gasteiger partial charge in [0.2, 0.25) is 21.8 Å². The third-order valence-corrected chi connectivity index (χ3v) is 6.78. The van der Waals surface area contributed by atoms with E-state index in [0.717, 1.165) is 16.1 Å². The second-order valence-corrected chi connectivity index (χ2v) is 10.5. The Balaban J connectivity index is 2.45. The summed E-state index contributed by atoms with van der Waals surface area (Å²) in [5.74, 6) is -0.878. The third-order valence-electron chi connectivity index (χ3n) is 4.86. The van der Waals surface area contributed by atoms with E-state index in [1.54, 1.807) is 38.1 Å². The molecule has 0 aliphatic carbocycles. The smallest absolute Gasteiger partial charge is 0.244 e. The van der Waals surface area contributed by atoms with Crippen LogP contribution >= 0.6 is 34.8 Å². The van der Waals surface area contributed by atoms with E-state index in [0.29, 0.717) is 23.0 Å².